The average Bonchev–Trinajstić information content (AvgIpc) is 3.26. The Balaban J connectivity index is 1.75. The molecule has 0 aliphatic rings. The Bertz CT molecular complexity index is 1110. The molecule has 0 saturated carbocycles. The number of hydrogen-bond donors (Lipinski definition) is 3. The molecule has 2 amide bonds. The SMILES string of the molecule is CC(C)n1nc(-c2ccc(CC(=O)Nc3cc(C(C)(C)C)ns3)cc2)c(C(N)=O)c1N. The number of carbonyl (C=O) groups is 2. The summed E-state index contributed by atoms with van der Waals surface area (Å²) < 4.78 is 5.99. The fourth-order valence-electron chi connectivity index (χ4n) is 3.12. The van der Waals surface area contributed by atoms with Crippen LogP contribution in [-0.2, 0) is 16.6 Å². The number of nitrogens with zero attached hydrogens (tertiary/aromatic N) is 3. The van der Waals surface area contributed by atoms with E-state index in [-0.39, 0.29) is 35.2 Å². The zero-order chi connectivity index (χ0) is 22.9. The topological polar surface area (TPSA) is 129 Å². The van der Waals surface area contributed by atoms with E-state index in [9.17, 15) is 9.59 Å². The van der Waals surface area contributed by atoms with Crippen molar-refractivity contribution < 1.29 is 9.59 Å². The predicted octanol–water partition coefficient (Wildman–Crippen LogP) is 3.75. The molecule has 3 aromatic rings. The minimum absolute atomic E-state index is 0.0136. The van der Waals surface area contributed by atoms with Gasteiger partial charge >= 0.3 is 0 Å². The summed E-state index contributed by atoms with van der Waals surface area (Å²) >= 11 is 1.28. The average molecular weight is 441 g/mol. The number of nitrogen functional groups attached to an aromatic ring is 1. The summed E-state index contributed by atoms with van der Waals surface area (Å²) in [7, 11) is 0. The summed E-state index contributed by atoms with van der Waals surface area (Å²) in [6, 6.07) is 9.18. The minimum atomic E-state index is -0.623. The Morgan fingerprint density at radius 2 is 1.84 bits per heavy atom. The fraction of sp³-hybridized carbons (Fsp3) is 0.364. The highest BCUT2D eigenvalue weighted by Crippen LogP contribution is 2.30. The Labute approximate surface area is 185 Å². The highest BCUT2D eigenvalue weighted by molar-refractivity contribution is 7.10. The molecule has 0 radical (unpaired) electrons. The normalized spacial score (nSPS) is 11.7. The van der Waals surface area contributed by atoms with E-state index in [0.717, 1.165) is 16.3 Å². The predicted molar refractivity (Wildman–Crippen MR) is 124 cm³/mol. The maximum atomic E-state index is 12.4. The second kappa shape index (κ2) is 8.50. The summed E-state index contributed by atoms with van der Waals surface area (Å²) in [5.74, 6) is -0.495. The highest BCUT2D eigenvalue weighted by atomic mass is 32.1. The number of nitrogens with one attached hydrogen (secondary N) is 1. The van der Waals surface area contributed by atoms with Crippen LogP contribution in [-0.4, -0.2) is 26.0 Å². The van der Waals surface area contributed by atoms with Gasteiger partial charge in [-0.1, -0.05) is 45.0 Å². The number of anilines is 2. The van der Waals surface area contributed by atoms with Crippen molar-refractivity contribution in [3.8, 4) is 11.3 Å². The van der Waals surface area contributed by atoms with E-state index in [2.05, 4.69) is 35.6 Å². The number of primary amides is 1. The van der Waals surface area contributed by atoms with Crippen LogP contribution in [0.25, 0.3) is 11.3 Å². The molecule has 2 heterocycles. The Hall–Kier alpha value is -3.20. The quantitative estimate of drug-likeness (QED) is 0.538. The van der Waals surface area contributed by atoms with Crippen molar-refractivity contribution in [3.63, 3.8) is 0 Å². The first-order valence-electron chi connectivity index (χ1n) is 10.0. The van der Waals surface area contributed by atoms with Gasteiger partial charge in [-0.25, -0.2) is 4.68 Å². The standard InChI is InChI=1S/C22H28N6O2S/c1-12(2)28-20(23)18(21(24)30)19(26-28)14-8-6-13(7-9-14)10-16(29)25-17-11-15(27-31-17)22(3,4)5/h6-9,11-12H,10,23H2,1-5H3,(H2,24,30)(H,25,29). The number of hydrogen-bond acceptors (Lipinski definition) is 6. The van der Waals surface area contributed by atoms with Gasteiger partial charge in [0, 0.05) is 17.0 Å². The molecule has 0 bridgehead atoms. The lowest BCUT2D eigenvalue weighted by molar-refractivity contribution is -0.115. The monoisotopic (exact) mass is 440 g/mol. The molecule has 5 N–H and O–H groups in total. The minimum Gasteiger partial charge on any atom is -0.383 e. The molecule has 2 aromatic heterocycles. The van der Waals surface area contributed by atoms with Crippen LogP contribution < -0.4 is 16.8 Å². The number of carbonyl (C=O) groups excluding carboxylic acids is 2. The molecule has 0 spiro atoms. The second-order valence-electron chi connectivity index (χ2n) is 8.76. The Kier molecular flexibility index (Phi) is 6.17. The summed E-state index contributed by atoms with van der Waals surface area (Å²) in [4.78, 5) is 24.4. The van der Waals surface area contributed by atoms with Crippen LogP contribution in [0.1, 0.15) is 62.3 Å². The van der Waals surface area contributed by atoms with Crippen molar-refractivity contribution in [3.05, 3.63) is 47.2 Å². The van der Waals surface area contributed by atoms with E-state index < -0.39 is 5.91 Å². The summed E-state index contributed by atoms with van der Waals surface area (Å²) in [5.41, 5.74) is 14.7. The highest BCUT2D eigenvalue weighted by Gasteiger charge is 2.23. The fourth-order valence-corrected chi connectivity index (χ4v) is 3.97. The zero-order valence-corrected chi connectivity index (χ0v) is 19.2. The molecule has 0 atom stereocenters. The number of nitrogens with two attached hydrogens (primary N) is 2. The summed E-state index contributed by atoms with van der Waals surface area (Å²) in [6.45, 7) is 10.1. The van der Waals surface area contributed by atoms with Gasteiger partial charge in [0.05, 0.1) is 12.1 Å². The number of benzene rings is 1. The first-order valence-corrected chi connectivity index (χ1v) is 10.8. The molecule has 1 aromatic carbocycles. The molecule has 9 heteroatoms. The van der Waals surface area contributed by atoms with Crippen molar-refractivity contribution in [1.29, 1.82) is 0 Å². The molecule has 0 saturated heterocycles. The second-order valence-corrected chi connectivity index (χ2v) is 9.56. The van der Waals surface area contributed by atoms with Crippen molar-refractivity contribution in [2.24, 2.45) is 5.73 Å². The van der Waals surface area contributed by atoms with Crippen molar-refractivity contribution in [2.75, 3.05) is 11.1 Å². The maximum Gasteiger partial charge on any atom is 0.254 e. The number of aromatic nitrogens is 3. The van der Waals surface area contributed by atoms with Crippen LogP contribution in [0, 0.1) is 0 Å². The van der Waals surface area contributed by atoms with Gasteiger partial charge in [-0.3, -0.25) is 9.59 Å². The molecule has 0 unspecified atom stereocenters. The molecule has 0 aliphatic heterocycles. The Morgan fingerprint density at radius 3 is 2.35 bits per heavy atom. The molecule has 31 heavy (non-hydrogen) atoms. The lowest BCUT2D eigenvalue weighted by atomic mass is 9.92. The molecule has 0 aliphatic carbocycles. The van der Waals surface area contributed by atoms with Crippen LogP contribution in [0.4, 0.5) is 10.8 Å². The van der Waals surface area contributed by atoms with Gasteiger partial charge in [0.1, 0.15) is 22.1 Å². The largest absolute Gasteiger partial charge is 0.383 e. The van der Waals surface area contributed by atoms with Gasteiger partial charge in [0.25, 0.3) is 5.91 Å². The van der Waals surface area contributed by atoms with Gasteiger partial charge in [-0.15, -0.1) is 0 Å². The van der Waals surface area contributed by atoms with Gasteiger partial charge < -0.3 is 16.8 Å². The molecule has 164 valence electrons. The lowest BCUT2D eigenvalue weighted by Gasteiger charge is -2.13. The van der Waals surface area contributed by atoms with Gasteiger partial charge in [0.15, 0.2) is 0 Å². The molecule has 3 rings (SSSR count). The van der Waals surface area contributed by atoms with E-state index >= 15 is 0 Å². The van der Waals surface area contributed by atoms with Crippen LogP contribution in [0.5, 0.6) is 0 Å². The van der Waals surface area contributed by atoms with Crippen molar-refractivity contribution in [1.82, 2.24) is 14.2 Å². The third kappa shape index (κ3) is 4.93. The summed E-state index contributed by atoms with van der Waals surface area (Å²) in [5, 5.41) is 8.10. The van der Waals surface area contributed by atoms with Gasteiger partial charge in [-0.05, 0) is 37.0 Å². The molecular formula is C22H28N6O2S. The van der Waals surface area contributed by atoms with Crippen LogP contribution in [0.3, 0.4) is 0 Å². The number of rotatable bonds is 6. The Morgan fingerprint density at radius 1 is 1.19 bits per heavy atom. The van der Waals surface area contributed by atoms with Gasteiger partial charge in [0.2, 0.25) is 5.91 Å². The maximum absolute atomic E-state index is 12.4. The number of amides is 2. The summed E-state index contributed by atoms with van der Waals surface area (Å²) in [6.07, 6.45) is 0.217. The van der Waals surface area contributed by atoms with Crippen molar-refractivity contribution in [2.45, 2.75) is 52.5 Å². The third-order valence-corrected chi connectivity index (χ3v) is 5.52. The first kappa shape index (κ1) is 22.5. The van der Waals surface area contributed by atoms with E-state index in [1.54, 1.807) is 4.68 Å². The van der Waals surface area contributed by atoms with E-state index in [0.29, 0.717) is 11.3 Å². The molecular weight excluding hydrogens is 412 g/mol. The smallest absolute Gasteiger partial charge is 0.254 e. The zero-order valence-electron chi connectivity index (χ0n) is 18.4. The van der Waals surface area contributed by atoms with Crippen LogP contribution in [0.2, 0.25) is 0 Å². The lowest BCUT2D eigenvalue weighted by Crippen LogP contribution is -2.15. The molecule has 8 nitrogen and oxygen atoms in total. The van der Waals surface area contributed by atoms with Crippen LogP contribution >= 0.6 is 11.5 Å². The third-order valence-electron chi connectivity index (χ3n) is 4.82. The molecule has 0 fully saturated rings. The van der Waals surface area contributed by atoms with E-state index in [1.165, 1.54) is 11.5 Å². The van der Waals surface area contributed by atoms with Crippen LogP contribution in [0.15, 0.2) is 30.3 Å². The van der Waals surface area contributed by atoms with Crippen molar-refractivity contribution >= 4 is 34.2 Å². The van der Waals surface area contributed by atoms with Gasteiger partial charge in [-0.2, -0.15) is 9.47 Å². The van der Waals surface area contributed by atoms with E-state index in [4.69, 9.17) is 11.5 Å². The first-order chi connectivity index (χ1) is 14.5. The van der Waals surface area contributed by atoms with E-state index in [1.807, 2.05) is 44.2 Å².